The Bertz CT molecular complexity index is 473. The third-order valence-electron chi connectivity index (χ3n) is 2.54. The first kappa shape index (κ1) is 9.83. The molecule has 0 aliphatic carbocycles. The predicted molar refractivity (Wildman–Crippen MR) is 54.0 cm³/mol. The summed E-state index contributed by atoms with van der Waals surface area (Å²) in [6, 6.07) is 7.48. The van der Waals surface area contributed by atoms with Gasteiger partial charge in [0.25, 0.3) is 0 Å². The van der Waals surface area contributed by atoms with Gasteiger partial charge >= 0.3 is 5.97 Å². The van der Waals surface area contributed by atoms with Crippen molar-refractivity contribution < 1.29 is 9.90 Å². The van der Waals surface area contributed by atoms with Gasteiger partial charge in [0.05, 0.1) is 17.1 Å². The van der Waals surface area contributed by atoms with Crippen molar-refractivity contribution >= 4 is 5.97 Å². The summed E-state index contributed by atoms with van der Waals surface area (Å²) in [7, 11) is 0. The number of rotatable bonds is 3. The van der Waals surface area contributed by atoms with Gasteiger partial charge in [0.1, 0.15) is 0 Å². The standard InChI is InChI=1S/C11H12N2O2/c1-2-11(7-10(14)15)12-8-5-3-4-6-9(8)13-11/h3-6H,2,7H2,1H3,(H,14,15). The summed E-state index contributed by atoms with van der Waals surface area (Å²) in [6.07, 6.45) is 0.562. The fourth-order valence-corrected chi connectivity index (χ4v) is 1.73. The van der Waals surface area contributed by atoms with E-state index in [2.05, 4.69) is 9.98 Å². The van der Waals surface area contributed by atoms with Crippen molar-refractivity contribution in [1.29, 1.82) is 0 Å². The number of hydrogen-bond acceptors (Lipinski definition) is 3. The van der Waals surface area contributed by atoms with Crippen molar-refractivity contribution in [3.05, 3.63) is 35.0 Å². The van der Waals surface area contributed by atoms with E-state index < -0.39 is 11.6 Å². The smallest absolute Gasteiger partial charge is 0.307 e. The second kappa shape index (κ2) is 3.46. The predicted octanol–water partition coefficient (Wildman–Crippen LogP) is 0.520. The molecule has 0 fully saturated rings. The maximum Gasteiger partial charge on any atom is 0.307 e. The first-order valence-corrected chi connectivity index (χ1v) is 4.92. The van der Waals surface area contributed by atoms with Gasteiger partial charge in [-0.2, -0.15) is 0 Å². The molecule has 0 atom stereocenters. The summed E-state index contributed by atoms with van der Waals surface area (Å²) in [6.45, 7) is 1.90. The van der Waals surface area contributed by atoms with Crippen molar-refractivity contribution in [2.45, 2.75) is 25.4 Å². The van der Waals surface area contributed by atoms with Gasteiger partial charge in [-0.15, -0.1) is 0 Å². The van der Waals surface area contributed by atoms with Gasteiger partial charge in [0.15, 0.2) is 5.66 Å². The number of para-hydroxylation sites is 2. The Morgan fingerprint density at radius 3 is 2.27 bits per heavy atom. The Kier molecular flexibility index (Phi) is 2.26. The summed E-state index contributed by atoms with van der Waals surface area (Å²) in [4.78, 5) is 19.5. The van der Waals surface area contributed by atoms with E-state index in [0.29, 0.717) is 6.42 Å². The van der Waals surface area contributed by atoms with Crippen LogP contribution in [0.4, 0.5) is 0 Å². The molecule has 1 aliphatic heterocycles. The molecule has 0 saturated carbocycles. The van der Waals surface area contributed by atoms with Gasteiger partial charge in [-0.1, -0.05) is 19.1 Å². The monoisotopic (exact) mass is 204 g/mol. The Balaban J connectivity index is 2.50. The Morgan fingerprint density at radius 1 is 1.33 bits per heavy atom. The highest BCUT2D eigenvalue weighted by molar-refractivity contribution is 5.68. The molecule has 78 valence electrons. The second-order valence-electron chi connectivity index (χ2n) is 3.62. The van der Waals surface area contributed by atoms with Crippen molar-refractivity contribution in [2.24, 2.45) is 9.98 Å². The van der Waals surface area contributed by atoms with Crippen molar-refractivity contribution in [3.8, 4) is 0 Å². The zero-order chi connectivity index (χ0) is 10.9. The van der Waals surface area contributed by atoms with Gasteiger partial charge in [-0.3, -0.25) is 14.8 Å². The molecule has 0 amide bonds. The average molecular weight is 204 g/mol. The van der Waals surface area contributed by atoms with E-state index in [1.165, 1.54) is 0 Å². The molecule has 4 nitrogen and oxygen atoms in total. The highest BCUT2D eigenvalue weighted by atomic mass is 16.4. The van der Waals surface area contributed by atoms with Crippen LogP contribution in [0.25, 0.3) is 0 Å². The number of aliphatic carboxylic acids is 1. The molecule has 0 bridgehead atoms. The maximum absolute atomic E-state index is 10.8. The van der Waals surface area contributed by atoms with Crippen LogP contribution in [0.1, 0.15) is 19.8 Å². The zero-order valence-corrected chi connectivity index (χ0v) is 8.47. The van der Waals surface area contributed by atoms with Crippen molar-refractivity contribution in [3.63, 3.8) is 0 Å². The highest BCUT2D eigenvalue weighted by Gasteiger charge is 2.31. The third-order valence-corrected chi connectivity index (χ3v) is 2.54. The number of hydrogen-bond donors (Lipinski definition) is 1. The maximum atomic E-state index is 10.8. The SMILES string of the molecule is CCC1(CC(=O)O)N=c2ccccc2=N1. The quantitative estimate of drug-likeness (QED) is 0.780. The number of carboxylic acids is 1. The molecule has 0 aromatic heterocycles. The molecule has 1 heterocycles. The lowest BCUT2D eigenvalue weighted by Gasteiger charge is -2.18. The van der Waals surface area contributed by atoms with E-state index in [1.807, 2.05) is 31.2 Å². The van der Waals surface area contributed by atoms with E-state index >= 15 is 0 Å². The van der Waals surface area contributed by atoms with E-state index in [4.69, 9.17) is 5.11 Å². The number of nitrogens with zero attached hydrogens (tertiary/aromatic N) is 2. The minimum atomic E-state index is -0.864. The van der Waals surface area contributed by atoms with Crippen LogP contribution in [0.3, 0.4) is 0 Å². The van der Waals surface area contributed by atoms with Gasteiger partial charge in [0, 0.05) is 0 Å². The average Bonchev–Trinajstić information content (AvgIpc) is 2.55. The summed E-state index contributed by atoms with van der Waals surface area (Å²) >= 11 is 0. The molecule has 0 radical (unpaired) electrons. The number of fused-ring (bicyclic) bond motifs is 1. The van der Waals surface area contributed by atoms with Crippen molar-refractivity contribution in [2.75, 3.05) is 0 Å². The fraction of sp³-hybridized carbons (Fsp3) is 0.364. The molecule has 1 N–H and O–H groups in total. The molecule has 1 aromatic carbocycles. The first-order valence-electron chi connectivity index (χ1n) is 4.92. The fourth-order valence-electron chi connectivity index (χ4n) is 1.73. The molecule has 15 heavy (non-hydrogen) atoms. The minimum absolute atomic E-state index is 0.0435. The topological polar surface area (TPSA) is 62.0 Å². The normalized spacial score (nSPS) is 16.3. The lowest BCUT2D eigenvalue weighted by Crippen LogP contribution is -2.25. The van der Waals surface area contributed by atoms with Gasteiger partial charge < -0.3 is 5.11 Å². The Labute approximate surface area is 87.0 Å². The minimum Gasteiger partial charge on any atom is -0.481 e. The van der Waals surface area contributed by atoms with Crippen LogP contribution in [0.5, 0.6) is 0 Å². The Morgan fingerprint density at radius 2 is 1.87 bits per heavy atom. The molecule has 0 spiro atoms. The van der Waals surface area contributed by atoms with E-state index in [1.54, 1.807) is 0 Å². The molecule has 4 heteroatoms. The van der Waals surface area contributed by atoms with E-state index in [0.717, 1.165) is 10.7 Å². The lowest BCUT2D eigenvalue weighted by atomic mass is 10.1. The number of benzene rings is 1. The van der Waals surface area contributed by atoms with Gasteiger partial charge in [-0.05, 0) is 18.6 Å². The van der Waals surface area contributed by atoms with Crippen molar-refractivity contribution in [1.82, 2.24) is 0 Å². The lowest BCUT2D eigenvalue weighted by molar-refractivity contribution is -0.138. The van der Waals surface area contributed by atoms with Crippen LogP contribution >= 0.6 is 0 Å². The van der Waals surface area contributed by atoms with Crippen LogP contribution in [-0.2, 0) is 4.79 Å². The summed E-state index contributed by atoms with van der Waals surface area (Å²) in [5.41, 5.74) is -0.782. The largest absolute Gasteiger partial charge is 0.481 e. The molecular formula is C11H12N2O2. The second-order valence-corrected chi connectivity index (χ2v) is 3.62. The molecular weight excluding hydrogens is 192 g/mol. The first-order chi connectivity index (χ1) is 7.15. The third kappa shape index (κ3) is 1.75. The molecule has 0 unspecified atom stereocenters. The summed E-state index contributed by atoms with van der Waals surface area (Å²) in [5.74, 6) is -0.864. The molecule has 0 saturated heterocycles. The zero-order valence-electron chi connectivity index (χ0n) is 8.47. The summed E-state index contributed by atoms with van der Waals surface area (Å²) < 4.78 is 0. The van der Waals surface area contributed by atoms with Gasteiger partial charge in [0.2, 0.25) is 0 Å². The van der Waals surface area contributed by atoms with Gasteiger partial charge in [-0.25, -0.2) is 0 Å². The van der Waals surface area contributed by atoms with Crippen LogP contribution in [0.15, 0.2) is 34.3 Å². The van der Waals surface area contributed by atoms with Crippen LogP contribution in [0.2, 0.25) is 0 Å². The highest BCUT2D eigenvalue weighted by Crippen LogP contribution is 2.22. The number of carbonyl (C=O) groups is 1. The Hall–Kier alpha value is -1.71. The molecule has 1 aromatic rings. The number of carboxylic acid groups (broad SMARTS) is 1. The van der Waals surface area contributed by atoms with E-state index in [-0.39, 0.29) is 6.42 Å². The van der Waals surface area contributed by atoms with Crippen LogP contribution < -0.4 is 10.7 Å². The summed E-state index contributed by atoms with van der Waals surface area (Å²) in [5, 5.41) is 10.4. The van der Waals surface area contributed by atoms with Crippen LogP contribution in [-0.4, -0.2) is 16.7 Å². The van der Waals surface area contributed by atoms with E-state index in [9.17, 15) is 4.79 Å². The molecule has 1 aliphatic rings. The molecule has 2 rings (SSSR count). The van der Waals surface area contributed by atoms with Crippen LogP contribution in [0, 0.1) is 0 Å².